The van der Waals surface area contributed by atoms with E-state index in [1.165, 1.54) is 24.3 Å². The molecule has 1 aromatic rings. The Bertz CT molecular complexity index is 492. The van der Waals surface area contributed by atoms with Crippen molar-refractivity contribution in [3.63, 3.8) is 0 Å². The molecule has 0 spiro atoms. The van der Waals surface area contributed by atoms with E-state index < -0.39 is 23.9 Å². The van der Waals surface area contributed by atoms with Crippen LogP contribution in [-0.4, -0.2) is 44.3 Å². The van der Waals surface area contributed by atoms with Crippen molar-refractivity contribution in [2.24, 2.45) is 0 Å². The van der Waals surface area contributed by atoms with E-state index in [1.807, 2.05) is 0 Å². The molecule has 1 rings (SSSR count). The Morgan fingerprint density at radius 2 is 0.900 bits per heavy atom. The summed E-state index contributed by atoms with van der Waals surface area (Å²) in [5, 5.41) is 32.6. The average Bonchev–Trinajstić information content (AvgIpc) is 2.37. The van der Waals surface area contributed by atoms with Gasteiger partial charge in [0, 0.05) is 12.2 Å². The number of carboxylic acids is 4. The van der Waals surface area contributed by atoms with E-state index in [1.54, 1.807) is 0 Å². The molecule has 8 nitrogen and oxygen atoms in total. The molecule has 0 aromatic heterocycles. The van der Waals surface area contributed by atoms with E-state index in [0.29, 0.717) is 12.2 Å². The maximum absolute atomic E-state index is 10.3. The fourth-order valence-electron chi connectivity index (χ4n) is 0.898. The Kier molecular flexibility index (Phi) is 6.76. The van der Waals surface area contributed by atoms with Crippen LogP contribution in [0.1, 0.15) is 20.7 Å². The summed E-state index contributed by atoms with van der Waals surface area (Å²) in [6, 6.07) is 5.02. The zero-order chi connectivity index (χ0) is 15.7. The summed E-state index contributed by atoms with van der Waals surface area (Å²) in [5.41, 5.74) is 0.167. The van der Waals surface area contributed by atoms with E-state index in [9.17, 15) is 19.2 Å². The van der Waals surface area contributed by atoms with E-state index in [4.69, 9.17) is 20.4 Å². The second kappa shape index (κ2) is 8.03. The fourth-order valence-corrected chi connectivity index (χ4v) is 0.898. The first-order valence-corrected chi connectivity index (χ1v) is 4.94. The number of aliphatic carboxylic acids is 2. The lowest BCUT2D eigenvalue weighted by atomic mass is 10.1. The highest BCUT2D eigenvalue weighted by Gasteiger charge is 2.04. The molecule has 0 amide bonds. The van der Waals surface area contributed by atoms with Crippen molar-refractivity contribution in [1.82, 2.24) is 0 Å². The summed E-state index contributed by atoms with van der Waals surface area (Å²) in [6.45, 7) is 0. The third-order valence-corrected chi connectivity index (χ3v) is 1.75. The summed E-state index contributed by atoms with van der Waals surface area (Å²) >= 11 is 0. The number of hydrogen-bond acceptors (Lipinski definition) is 4. The number of carbonyl (C=O) groups is 4. The molecular weight excluding hydrogens is 272 g/mol. The first kappa shape index (κ1) is 16.8. The average molecular weight is 282 g/mol. The first-order chi connectivity index (χ1) is 9.23. The minimum absolute atomic E-state index is 0.0833. The van der Waals surface area contributed by atoms with Gasteiger partial charge >= 0.3 is 23.9 Å². The van der Waals surface area contributed by atoms with Crippen LogP contribution in [0.15, 0.2) is 36.4 Å². The minimum atomic E-state index is -1.26. The minimum Gasteiger partial charge on any atom is -0.478 e. The predicted octanol–water partition coefficient (Wildman–Crippen LogP) is 0.795. The molecule has 106 valence electrons. The molecule has 0 radical (unpaired) electrons. The van der Waals surface area contributed by atoms with Crippen molar-refractivity contribution < 1.29 is 39.6 Å². The fraction of sp³-hybridized carbons (Fsp3) is 0. The molecule has 0 saturated heterocycles. The highest BCUT2D eigenvalue weighted by Crippen LogP contribution is 2.03. The summed E-state index contributed by atoms with van der Waals surface area (Å²) in [7, 11) is 0. The van der Waals surface area contributed by atoms with Gasteiger partial charge < -0.3 is 20.4 Å². The molecule has 0 bridgehead atoms. The van der Waals surface area contributed by atoms with Crippen molar-refractivity contribution in [2.45, 2.75) is 0 Å². The molecule has 0 unspecified atom stereocenters. The van der Waals surface area contributed by atoms with E-state index >= 15 is 0 Å². The van der Waals surface area contributed by atoms with Crippen LogP contribution >= 0.6 is 0 Å². The first-order valence-electron chi connectivity index (χ1n) is 4.94. The summed E-state index contributed by atoms with van der Waals surface area (Å²) in [5.74, 6) is -4.64. The lowest BCUT2D eigenvalue weighted by Gasteiger charge is -1.94. The highest BCUT2D eigenvalue weighted by atomic mass is 16.4. The maximum Gasteiger partial charge on any atom is 0.335 e. The smallest absolute Gasteiger partial charge is 0.335 e. The third kappa shape index (κ3) is 7.22. The van der Waals surface area contributed by atoms with Crippen LogP contribution in [0.2, 0.25) is 0 Å². The van der Waals surface area contributed by atoms with Gasteiger partial charge in [-0.2, -0.15) is 0 Å². The maximum atomic E-state index is 10.3. The molecule has 0 atom stereocenters. The van der Waals surface area contributed by atoms with Gasteiger partial charge in [-0.25, -0.2) is 19.2 Å². The van der Waals surface area contributed by atoms with Crippen molar-refractivity contribution in [3.8, 4) is 0 Å². The second-order valence-corrected chi connectivity index (χ2v) is 3.20. The molecular formula is C12H10O8. The van der Waals surface area contributed by atoms with Crippen molar-refractivity contribution >= 4 is 23.9 Å². The molecule has 0 heterocycles. The molecule has 0 aliphatic carbocycles. The Morgan fingerprint density at radius 3 is 1.05 bits per heavy atom. The Labute approximate surface area is 112 Å². The van der Waals surface area contributed by atoms with E-state index in [2.05, 4.69) is 0 Å². The van der Waals surface area contributed by atoms with Crippen LogP contribution in [-0.2, 0) is 9.59 Å². The van der Waals surface area contributed by atoms with Crippen LogP contribution in [0, 0.1) is 0 Å². The van der Waals surface area contributed by atoms with Gasteiger partial charge in [-0.15, -0.1) is 0 Å². The van der Waals surface area contributed by atoms with Gasteiger partial charge in [0.1, 0.15) is 0 Å². The largest absolute Gasteiger partial charge is 0.478 e. The molecule has 0 saturated carbocycles. The molecule has 0 aliphatic heterocycles. The zero-order valence-corrected chi connectivity index (χ0v) is 9.89. The van der Waals surface area contributed by atoms with Crippen LogP contribution in [0.25, 0.3) is 0 Å². The van der Waals surface area contributed by atoms with E-state index in [-0.39, 0.29) is 11.1 Å². The van der Waals surface area contributed by atoms with Gasteiger partial charge in [0.25, 0.3) is 0 Å². The summed E-state index contributed by atoms with van der Waals surface area (Å²) < 4.78 is 0. The van der Waals surface area contributed by atoms with E-state index in [0.717, 1.165) is 0 Å². The number of carboxylic acid groups (broad SMARTS) is 4. The summed E-state index contributed by atoms with van der Waals surface area (Å²) in [4.78, 5) is 39.8. The monoisotopic (exact) mass is 282 g/mol. The van der Waals surface area contributed by atoms with Gasteiger partial charge in [0.15, 0.2) is 0 Å². The number of rotatable bonds is 4. The normalized spacial score (nSPS) is 9.40. The van der Waals surface area contributed by atoms with Crippen molar-refractivity contribution in [2.75, 3.05) is 0 Å². The molecule has 1 aromatic carbocycles. The SMILES string of the molecule is O=C(O)C=CC(=O)O.O=C(O)c1ccc(C(=O)O)cc1. The number of hydrogen-bond donors (Lipinski definition) is 4. The van der Waals surface area contributed by atoms with Gasteiger partial charge in [-0.05, 0) is 24.3 Å². The molecule has 0 aliphatic rings. The Hall–Kier alpha value is -3.16. The van der Waals surface area contributed by atoms with Crippen LogP contribution in [0.4, 0.5) is 0 Å². The van der Waals surface area contributed by atoms with Gasteiger partial charge in [0.2, 0.25) is 0 Å². The Balaban J connectivity index is 0.000000396. The van der Waals surface area contributed by atoms with Gasteiger partial charge in [-0.1, -0.05) is 0 Å². The van der Waals surface area contributed by atoms with Crippen molar-refractivity contribution in [1.29, 1.82) is 0 Å². The standard InChI is InChI=1S/C8H6O4.C4H4O4/c9-7(10)5-1-2-6(4-3-5)8(11)12;5-3(6)1-2-4(7)8/h1-4H,(H,9,10)(H,11,12);1-2H,(H,5,6)(H,7,8). The van der Waals surface area contributed by atoms with Crippen LogP contribution in [0.5, 0.6) is 0 Å². The van der Waals surface area contributed by atoms with Gasteiger partial charge in [-0.3, -0.25) is 0 Å². The van der Waals surface area contributed by atoms with Crippen molar-refractivity contribution in [3.05, 3.63) is 47.5 Å². The lowest BCUT2D eigenvalue weighted by molar-refractivity contribution is -0.134. The molecule has 0 fully saturated rings. The number of benzene rings is 1. The zero-order valence-electron chi connectivity index (χ0n) is 9.89. The Morgan fingerprint density at radius 1 is 0.650 bits per heavy atom. The topological polar surface area (TPSA) is 149 Å². The third-order valence-electron chi connectivity index (χ3n) is 1.75. The highest BCUT2D eigenvalue weighted by molar-refractivity contribution is 5.91. The molecule has 4 N–H and O–H groups in total. The second-order valence-electron chi connectivity index (χ2n) is 3.20. The van der Waals surface area contributed by atoms with Gasteiger partial charge in [0.05, 0.1) is 11.1 Å². The molecule has 20 heavy (non-hydrogen) atoms. The number of aromatic carboxylic acids is 2. The predicted molar refractivity (Wildman–Crippen MR) is 64.8 cm³/mol. The molecule has 8 heteroatoms. The van der Waals surface area contributed by atoms with Crippen LogP contribution in [0.3, 0.4) is 0 Å². The van der Waals surface area contributed by atoms with Crippen LogP contribution < -0.4 is 0 Å². The lowest BCUT2D eigenvalue weighted by Crippen LogP contribution is -1.99. The quantitative estimate of drug-likeness (QED) is 0.592. The summed E-state index contributed by atoms with van der Waals surface area (Å²) in [6.07, 6.45) is 1.12.